The minimum Gasteiger partial charge on any atom is -0.356 e. The van der Waals surface area contributed by atoms with E-state index in [2.05, 4.69) is 11.8 Å². The molecule has 9 nitrogen and oxygen atoms in total. The van der Waals surface area contributed by atoms with Crippen molar-refractivity contribution in [3.8, 4) is 0 Å². The van der Waals surface area contributed by atoms with Crippen molar-refractivity contribution in [2.75, 3.05) is 24.5 Å². The summed E-state index contributed by atoms with van der Waals surface area (Å²) in [5, 5.41) is 21.2. The van der Waals surface area contributed by atoms with Gasteiger partial charge in [0.15, 0.2) is 5.65 Å². The monoisotopic (exact) mass is 446 g/mol. The molecule has 2 aliphatic rings. The van der Waals surface area contributed by atoms with Gasteiger partial charge in [0.1, 0.15) is 17.1 Å². The second kappa shape index (κ2) is 8.46. The van der Waals surface area contributed by atoms with E-state index in [9.17, 15) is 4.79 Å². The maximum absolute atomic E-state index is 13.5. The first-order chi connectivity index (χ1) is 15.9. The van der Waals surface area contributed by atoms with E-state index in [1.807, 2.05) is 21.7 Å². The highest BCUT2D eigenvalue weighted by Crippen LogP contribution is 2.32. The number of piperidine rings is 1. The van der Waals surface area contributed by atoms with E-state index in [1.54, 1.807) is 25.3 Å². The number of carbonyl (C=O) groups is 1. The van der Waals surface area contributed by atoms with Gasteiger partial charge in [-0.2, -0.15) is 5.10 Å². The standard InChI is InChI=1S/C24H30N8O/c1-16-15-32-21(27-23(16)29-10-5-6-11-29)14-19(28-32)20-9-3-4-12-31(20)24(33)18-8-7-13-30(17(2)25)22(18)26/h7-8,13-15,20,25-26H,3-6,9-12H2,1-2H3. The Kier molecular flexibility index (Phi) is 5.47. The number of aryl methyl sites for hydroxylation is 1. The van der Waals surface area contributed by atoms with Crippen LogP contribution in [0.15, 0.2) is 30.6 Å². The van der Waals surface area contributed by atoms with Gasteiger partial charge in [-0.3, -0.25) is 20.2 Å². The number of pyridine rings is 1. The lowest BCUT2D eigenvalue weighted by molar-refractivity contribution is 0.0603. The second-order valence-electron chi connectivity index (χ2n) is 9.05. The summed E-state index contributed by atoms with van der Waals surface area (Å²) < 4.78 is 3.25. The molecule has 5 heterocycles. The van der Waals surface area contributed by atoms with Crippen LogP contribution in [0, 0.1) is 17.7 Å². The first-order valence-corrected chi connectivity index (χ1v) is 11.7. The van der Waals surface area contributed by atoms with Crippen LogP contribution in [-0.4, -0.2) is 55.4 Å². The lowest BCUT2D eigenvalue weighted by atomic mass is 9.98. The van der Waals surface area contributed by atoms with Crippen LogP contribution in [0.5, 0.6) is 0 Å². The molecular formula is C24H30N8O. The highest BCUT2D eigenvalue weighted by molar-refractivity contribution is 5.94. The summed E-state index contributed by atoms with van der Waals surface area (Å²) in [6, 6.07) is 5.24. The molecule has 172 valence electrons. The van der Waals surface area contributed by atoms with Crippen LogP contribution in [0.25, 0.3) is 5.65 Å². The number of carbonyl (C=O) groups excluding carboxylic acids is 1. The molecule has 5 rings (SSSR count). The zero-order valence-electron chi connectivity index (χ0n) is 19.2. The van der Waals surface area contributed by atoms with Crippen molar-refractivity contribution in [3.05, 3.63) is 52.9 Å². The van der Waals surface area contributed by atoms with E-state index in [-0.39, 0.29) is 23.3 Å². The van der Waals surface area contributed by atoms with Gasteiger partial charge in [-0.1, -0.05) is 0 Å². The highest BCUT2D eigenvalue weighted by Gasteiger charge is 2.32. The topological polar surface area (TPSA) is 106 Å². The molecule has 9 heteroatoms. The van der Waals surface area contributed by atoms with Gasteiger partial charge in [0.25, 0.3) is 5.91 Å². The second-order valence-corrected chi connectivity index (χ2v) is 9.05. The summed E-state index contributed by atoms with van der Waals surface area (Å²) in [7, 11) is 0. The number of anilines is 1. The largest absolute Gasteiger partial charge is 0.356 e. The van der Waals surface area contributed by atoms with Crippen LogP contribution in [0.4, 0.5) is 5.82 Å². The Hall–Kier alpha value is -3.49. The molecule has 1 unspecified atom stereocenters. The van der Waals surface area contributed by atoms with Gasteiger partial charge in [-0.15, -0.1) is 0 Å². The van der Waals surface area contributed by atoms with E-state index >= 15 is 0 Å². The van der Waals surface area contributed by atoms with Crippen molar-refractivity contribution in [3.63, 3.8) is 0 Å². The molecule has 0 saturated carbocycles. The molecule has 33 heavy (non-hydrogen) atoms. The number of amides is 1. The molecule has 2 aliphatic heterocycles. The van der Waals surface area contributed by atoms with Gasteiger partial charge in [-0.05, 0) is 58.1 Å². The third kappa shape index (κ3) is 3.81. The van der Waals surface area contributed by atoms with Gasteiger partial charge in [-0.25, -0.2) is 9.50 Å². The van der Waals surface area contributed by atoms with Gasteiger partial charge in [0, 0.05) is 43.7 Å². The quantitative estimate of drug-likeness (QED) is 0.476. The third-order valence-corrected chi connectivity index (χ3v) is 6.72. The normalized spacial score (nSPS) is 18.8. The lowest BCUT2D eigenvalue weighted by Gasteiger charge is -2.34. The maximum Gasteiger partial charge on any atom is 0.258 e. The summed E-state index contributed by atoms with van der Waals surface area (Å²) in [4.78, 5) is 22.6. The Morgan fingerprint density at radius 1 is 1.15 bits per heavy atom. The van der Waals surface area contributed by atoms with E-state index in [0.29, 0.717) is 12.1 Å². The molecule has 3 aromatic heterocycles. The van der Waals surface area contributed by atoms with Crippen molar-refractivity contribution in [2.45, 2.75) is 52.0 Å². The summed E-state index contributed by atoms with van der Waals surface area (Å²) in [6.45, 7) is 6.39. The fourth-order valence-corrected chi connectivity index (χ4v) is 5.03. The molecule has 0 aromatic carbocycles. The van der Waals surface area contributed by atoms with Gasteiger partial charge in [0.05, 0.1) is 17.3 Å². The molecule has 2 saturated heterocycles. The average molecular weight is 447 g/mol. The number of nitrogens with one attached hydrogen (secondary N) is 2. The van der Waals surface area contributed by atoms with Gasteiger partial charge >= 0.3 is 0 Å². The zero-order chi connectivity index (χ0) is 23.1. The molecule has 2 N–H and O–H groups in total. The van der Waals surface area contributed by atoms with Gasteiger partial charge in [0.2, 0.25) is 0 Å². The van der Waals surface area contributed by atoms with Crippen molar-refractivity contribution in [1.29, 1.82) is 10.8 Å². The number of likely N-dealkylation sites (tertiary alicyclic amines) is 1. The van der Waals surface area contributed by atoms with Crippen LogP contribution in [0.3, 0.4) is 0 Å². The first kappa shape index (κ1) is 21.4. The summed E-state index contributed by atoms with van der Waals surface area (Å²) in [6.07, 6.45) is 8.85. The smallest absolute Gasteiger partial charge is 0.258 e. The summed E-state index contributed by atoms with van der Waals surface area (Å²) in [5.74, 6) is 1.05. The van der Waals surface area contributed by atoms with Crippen LogP contribution < -0.4 is 10.4 Å². The predicted molar refractivity (Wildman–Crippen MR) is 126 cm³/mol. The average Bonchev–Trinajstić information content (AvgIpc) is 3.48. The summed E-state index contributed by atoms with van der Waals surface area (Å²) >= 11 is 0. The molecule has 0 radical (unpaired) electrons. The zero-order valence-corrected chi connectivity index (χ0v) is 19.2. The number of nitrogens with zero attached hydrogens (tertiary/aromatic N) is 6. The van der Waals surface area contributed by atoms with Crippen molar-refractivity contribution < 1.29 is 4.79 Å². The van der Waals surface area contributed by atoms with Gasteiger partial charge < -0.3 is 9.80 Å². The molecule has 0 aliphatic carbocycles. The minimum atomic E-state index is -0.181. The predicted octanol–water partition coefficient (Wildman–Crippen LogP) is 3.13. The van der Waals surface area contributed by atoms with Crippen molar-refractivity contribution >= 4 is 23.2 Å². The fourth-order valence-electron chi connectivity index (χ4n) is 5.03. The molecule has 3 aromatic rings. The van der Waals surface area contributed by atoms with Crippen LogP contribution >= 0.6 is 0 Å². The van der Waals surface area contributed by atoms with Crippen LogP contribution in [0.2, 0.25) is 0 Å². The minimum absolute atomic E-state index is 0.0434. The molecule has 0 bridgehead atoms. The molecule has 2 fully saturated rings. The lowest BCUT2D eigenvalue weighted by Crippen LogP contribution is -2.42. The van der Waals surface area contributed by atoms with Crippen molar-refractivity contribution in [2.24, 2.45) is 0 Å². The summed E-state index contributed by atoms with van der Waals surface area (Å²) in [5.41, 5.74) is 3.10. The van der Waals surface area contributed by atoms with Crippen LogP contribution in [0.1, 0.15) is 66.7 Å². The molecule has 1 atom stereocenters. The van der Waals surface area contributed by atoms with E-state index < -0.39 is 0 Å². The fraction of sp³-hybridized carbons (Fsp3) is 0.458. The SMILES string of the molecule is CC(=N)n1cccc(C(=O)N2CCCCC2c2cc3nc(N4CCCC4)c(C)cn3n2)c1=N. The number of hydrogen-bond donors (Lipinski definition) is 2. The Balaban J connectivity index is 1.50. The van der Waals surface area contributed by atoms with E-state index in [0.717, 1.165) is 55.1 Å². The Labute approximate surface area is 192 Å². The van der Waals surface area contributed by atoms with Crippen molar-refractivity contribution in [1.82, 2.24) is 24.1 Å². The first-order valence-electron chi connectivity index (χ1n) is 11.7. The Bertz CT molecular complexity index is 1280. The Morgan fingerprint density at radius 2 is 1.91 bits per heavy atom. The molecule has 0 spiro atoms. The molecular weight excluding hydrogens is 416 g/mol. The third-order valence-electron chi connectivity index (χ3n) is 6.72. The number of aromatic nitrogens is 4. The number of rotatable bonds is 3. The maximum atomic E-state index is 13.5. The molecule has 1 amide bonds. The number of hydrogen-bond acceptors (Lipinski definition) is 6. The highest BCUT2D eigenvalue weighted by atomic mass is 16.2. The van der Waals surface area contributed by atoms with Crippen LogP contribution in [-0.2, 0) is 0 Å². The van der Waals surface area contributed by atoms with E-state index in [4.69, 9.17) is 20.9 Å². The Morgan fingerprint density at radius 3 is 2.67 bits per heavy atom. The van der Waals surface area contributed by atoms with E-state index in [1.165, 1.54) is 17.4 Å². The number of fused-ring (bicyclic) bond motifs is 1.